The number of hydrogen-bond donors (Lipinski definition) is 0. The molecule has 0 N–H and O–H groups in total. The van der Waals surface area contributed by atoms with Crippen LogP contribution >= 0.6 is 0 Å². The molecule has 0 aromatic heterocycles. The summed E-state index contributed by atoms with van der Waals surface area (Å²) in [5, 5.41) is 2.87. The van der Waals surface area contributed by atoms with E-state index in [0.29, 0.717) is 6.04 Å². The van der Waals surface area contributed by atoms with Crippen LogP contribution in [0, 0.1) is 0 Å². The highest BCUT2D eigenvalue weighted by Crippen LogP contribution is 2.38. The van der Waals surface area contributed by atoms with Crippen molar-refractivity contribution in [1.82, 2.24) is 4.90 Å². The van der Waals surface area contributed by atoms with Crippen molar-refractivity contribution in [2.24, 2.45) is 0 Å². The summed E-state index contributed by atoms with van der Waals surface area (Å²) < 4.78 is 0. The number of rotatable bonds is 1. The number of hydrogen-bond acceptors (Lipinski definition) is 1. The zero-order valence-electron chi connectivity index (χ0n) is 9.20. The van der Waals surface area contributed by atoms with Crippen molar-refractivity contribution in [3.63, 3.8) is 0 Å². The first-order valence-corrected chi connectivity index (χ1v) is 5.44. The molecule has 1 aliphatic carbocycles. The normalized spacial score (nSPS) is 19.0. The molecule has 0 aliphatic heterocycles. The summed E-state index contributed by atoms with van der Waals surface area (Å²) in [6.45, 7) is 0. The van der Waals surface area contributed by atoms with E-state index in [0.717, 1.165) is 6.42 Å². The van der Waals surface area contributed by atoms with Crippen LogP contribution in [-0.4, -0.2) is 19.0 Å². The number of nitrogens with zero attached hydrogens (tertiary/aromatic N) is 1. The molecule has 0 bridgehead atoms. The fourth-order valence-electron chi connectivity index (χ4n) is 2.68. The standard InChI is InChI=1S/C14H15N/c1-15(2)13-9-11-7-3-5-10-6-4-8-12(13)14(10)11/h3-8,13H,9H2,1-2H3. The van der Waals surface area contributed by atoms with Gasteiger partial charge in [-0.3, -0.25) is 0 Å². The molecule has 1 heteroatoms. The first kappa shape index (κ1) is 8.93. The van der Waals surface area contributed by atoms with E-state index in [1.54, 1.807) is 0 Å². The second-order valence-corrected chi connectivity index (χ2v) is 4.55. The van der Waals surface area contributed by atoms with E-state index >= 15 is 0 Å². The van der Waals surface area contributed by atoms with Crippen LogP contribution in [-0.2, 0) is 6.42 Å². The highest BCUT2D eigenvalue weighted by molar-refractivity contribution is 5.91. The summed E-state index contributed by atoms with van der Waals surface area (Å²) in [5.74, 6) is 0. The lowest BCUT2D eigenvalue weighted by Gasteiger charge is -2.20. The minimum atomic E-state index is 0.561. The Bertz CT molecular complexity index is 508. The molecule has 76 valence electrons. The van der Waals surface area contributed by atoms with E-state index in [1.807, 2.05) is 0 Å². The van der Waals surface area contributed by atoms with Gasteiger partial charge in [-0.15, -0.1) is 0 Å². The summed E-state index contributed by atoms with van der Waals surface area (Å²) in [6.07, 6.45) is 1.16. The lowest BCUT2D eigenvalue weighted by Crippen LogP contribution is -2.18. The fourth-order valence-corrected chi connectivity index (χ4v) is 2.68. The summed E-state index contributed by atoms with van der Waals surface area (Å²) in [4.78, 5) is 2.31. The minimum Gasteiger partial charge on any atom is -0.302 e. The fraction of sp³-hybridized carbons (Fsp3) is 0.286. The Kier molecular flexibility index (Phi) is 1.83. The molecule has 1 atom stereocenters. The summed E-state index contributed by atoms with van der Waals surface area (Å²) >= 11 is 0. The van der Waals surface area contributed by atoms with Crippen molar-refractivity contribution in [2.75, 3.05) is 14.1 Å². The third-order valence-corrected chi connectivity index (χ3v) is 3.42. The summed E-state index contributed by atoms with van der Waals surface area (Å²) in [6, 6.07) is 13.8. The highest BCUT2D eigenvalue weighted by Gasteiger charge is 2.24. The van der Waals surface area contributed by atoms with Crippen LogP contribution in [0.25, 0.3) is 10.8 Å². The number of benzene rings is 2. The molecule has 0 spiro atoms. The molecule has 1 nitrogen and oxygen atoms in total. The molecule has 0 amide bonds. The molecule has 0 saturated carbocycles. The maximum Gasteiger partial charge on any atom is 0.0388 e. The SMILES string of the molecule is CN(C)C1Cc2cccc3cccc1c23. The largest absolute Gasteiger partial charge is 0.302 e. The third-order valence-electron chi connectivity index (χ3n) is 3.42. The molecule has 0 radical (unpaired) electrons. The molecule has 0 heterocycles. The van der Waals surface area contributed by atoms with Crippen LogP contribution in [0.5, 0.6) is 0 Å². The zero-order chi connectivity index (χ0) is 10.4. The summed E-state index contributed by atoms with van der Waals surface area (Å²) in [5.41, 5.74) is 3.00. The lowest BCUT2D eigenvalue weighted by atomic mass is 10.0. The highest BCUT2D eigenvalue weighted by atomic mass is 15.1. The lowest BCUT2D eigenvalue weighted by molar-refractivity contribution is 0.306. The van der Waals surface area contributed by atoms with E-state index in [1.165, 1.54) is 21.9 Å². The van der Waals surface area contributed by atoms with E-state index in [-0.39, 0.29) is 0 Å². The van der Waals surface area contributed by atoms with Crippen LogP contribution in [0.15, 0.2) is 36.4 Å². The quantitative estimate of drug-likeness (QED) is 0.679. The van der Waals surface area contributed by atoms with Gasteiger partial charge in [0.2, 0.25) is 0 Å². The van der Waals surface area contributed by atoms with Crippen molar-refractivity contribution in [2.45, 2.75) is 12.5 Å². The minimum absolute atomic E-state index is 0.561. The monoisotopic (exact) mass is 197 g/mol. The van der Waals surface area contributed by atoms with Gasteiger partial charge in [0.15, 0.2) is 0 Å². The molecule has 2 aromatic rings. The maximum atomic E-state index is 2.31. The molecule has 15 heavy (non-hydrogen) atoms. The van der Waals surface area contributed by atoms with Gasteiger partial charge in [-0.25, -0.2) is 0 Å². The van der Waals surface area contributed by atoms with Gasteiger partial charge in [-0.05, 0) is 42.4 Å². The second kappa shape index (κ2) is 3.07. The Morgan fingerprint density at radius 1 is 1.07 bits per heavy atom. The van der Waals surface area contributed by atoms with Crippen LogP contribution in [0.2, 0.25) is 0 Å². The van der Waals surface area contributed by atoms with Crippen LogP contribution in [0.4, 0.5) is 0 Å². The van der Waals surface area contributed by atoms with Crippen LogP contribution < -0.4 is 0 Å². The van der Waals surface area contributed by atoms with Crippen LogP contribution in [0.1, 0.15) is 17.2 Å². The van der Waals surface area contributed by atoms with E-state index < -0.39 is 0 Å². The van der Waals surface area contributed by atoms with Gasteiger partial charge in [0.25, 0.3) is 0 Å². The van der Waals surface area contributed by atoms with Crippen molar-refractivity contribution in [3.8, 4) is 0 Å². The van der Waals surface area contributed by atoms with E-state index in [9.17, 15) is 0 Å². The molecule has 1 unspecified atom stereocenters. The Hall–Kier alpha value is -1.34. The van der Waals surface area contributed by atoms with Crippen molar-refractivity contribution in [1.29, 1.82) is 0 Å². The van der Waals surface area contributed by atoms with Crippen molar-refractivity contribution < 1.29 is 0 Å². The molecule has 3 rings (SSSR count). The molecular formula is C14H15N. The predicted octanol–water partition coefficient (Wildman–Crippen LogP) is 3.00. The van der Waals surface area contributed by atoms with Crippen molar-refractivity contribution in [3.05, 3.63) is 47.5 Å². The third kappa shape index (κ3) is 1.20. The average molecular weight is 197 g/mol. The first-order chi connectivity index (χ1) is 7.27. The van der Waals surface area contributed by atoms with Crippen molar-refractivity contribution >= 4 is 10.8 Å². The average Bonchev–Trinajstić information content (AvgIpc) is 2.61. The molecule has 1 aliphatic rings. The molecule has 2 aromatic carbocycles. The smallest absolute Gasteiger partial charge is 0.0388 e. The molecule has 0 saturated heterocycles. The van der Waals surface area contributed by atoms with Gasteiger partial charge in [0.1, 0.15) is 0 Å². The van der Waals surface area contributed by atoms with Crippen LogP contribution in [0.3, 0.4) is 0 Å². The Balaban J connectivity index is 2.31. The molecule has 0 fully saturated rings. The Labute approximate surface area is 90.3 Å². The first-order valence-electron chi connectivity index (χ1n) is 5.44. The predicted molar refractivity (Wildman–Crippen MR) is 64.1 cm³/mol. The van der Waals surface area contributed by atoms with Gasteiger partial charge in [0.05, 0.1) is 0 Å². The van der Waals surface area contributed by atoms with Gasteiger partial charge < -0.3 is 4.90 Å². The number of likely N-dealkylation sites (N-methyl/N-ethyl adjacent to an activating group) is 1. The Morgan fingerprint density at radius 3 is 2.53 bits per heavy atom. The van der Waals surface area contributed by atoms with Gasteiger partial charge in [0, 0.05) is 6.04 Å². The van der Waals surface area contributed by atoms with Gasteiger partial charge >= 0.3 is 0 Å². The topological polar surface area (TPSA) is 3.24 Å². The van der Waals surface area contributed by atoms with Gasteiger partial charge in [-0.1, -0.05) is 36.4 Å². The Morgan fingerprint density at radius 2 is 1.80 bits per heavy atom. The zero-order valence-corrected chi connectivity index (χ0v) is 9.20. The molecular weight excluding hydrogens is 182 g/mol. The van der Waals surface area contributed by atoms with E-state index in [4.69, 9.17) is 0 Å². The maximum absolute atomic E-state index is 2.31. The second-order valence-electron chi connectivity index (χ2n) is 4.55. The van der Waals surface area contributed by atoms with Gasteiger partial charge in [-0.2, -0.15) is 0 Å². The summed E-state index contributed by atoms with van der Waals surface area (Å²) in [7, 11) is 4.32. The van der Waals surface area contributed by atoms with E-state index in [2.05, 4.69) is 55.4 Å².